The van der Waals surface area contributed by atoms with Gasteiger partial charge in [0.1, 0.15) is 0 Å². The Bertz CT molecular complexity index is 15.1. The molecule has 0 aliphatic heterocycles. The molecule has 0 bridgehead atoms. The second-order valence-electron chi connectivity index (χ2n) is 0.557. The average molecular weight is 242 g/mol. The molecule has 3 heteroatoms. The van der Waals surface area contributed by atoms with Crippen molar-refractivity contribution in [2.75, 3.05) is 13.2 Å². The fraction of sp³-hybridized carbons (Fsp3) is 1.00. The van der Waals surface area contributed by atoms with Crippen molar-refractivity contribution in [2.24, 2.45) is 0 Å². The van der Waals surface area contributed by atoms with Gasteiger partial charge in [0.05, 0.1) is 0 Å². The number of hydrogen-bond acceptors (Lipinski definition) is 2. The molecule has 0 spiro atoms. The Morgan fingerprint density at radius 1 is 1.80 bits per heavy atom. The second kappa shape index (κ2) is 4.66. The molecule has 0 saturated carbocycles. The molecule has 0 unspecified atom stereocenters. The van der Waals surface area contributed by atoms with E-state index in [1.165, 1.54) is 0 Å². The van der Waals surface area contributed by atoms with Gasteiger partial charge < -0.3 is 0 Å². The molecular weight excluding hydrogens is 237 g/mol. The summed E-state index contributed by atoms with van der Waals surface area (Å²) in [6.45, 7) is 0.643. The molecule has 0 aromatic heterocycles. The Kier molecular flexibility index (Phi) is 5.28. The average Bonchev–Trinajstić information content (AvgIpc) is 1.41. The van der Waals surface area contributed by atoms with Crippen LogP contribution in [0.2, 0.25) is 0 Å². The molecule has 5 heavy (non-hydrogen) atoms. The van der Waals surface area contributed by atoms with Gasteiger partial charge in [-0.05, 0) is 0 Å². The van der Waals surface area contributed by atoms with Crippen molar-refractivity contribution in [1.29, 1.82) is 0 Å². The number of hydrogen-bond donors (Lipinski definition) is 1. The monoisotopic (exact) mass is 242 g/mol. The van der Waals surface area contributed by atoms with E-state index in [0.29, 0.717) is 6.61 Å². The molecule has 0 rings (SSSR count). The van der Waals surface area contributed by atoms with Crippen LogP contribution in [0.5, 0.6) is 0 Å². The SMILES string of the molecule is OCC[O][Ta]. The van der Waals surface area contributed by atoms with Gasteiger partial charge in [0.2, 0.25) is 0 Å². The van der Waals surface area contributed by atoms with Crippen LogP contribution in [-0.4, -0.2) is 18.3 Å². The summed E-state index contributed by atoms with van der Waals surface area (Å²) in [6, 6.07) is 0. The topological polar surface area (TPSA) is 29.5 Å². The molecule has 0 heterocycles. The molecule has 0 saturated heterocycles. The zero-order valence-corrected chi connectivity index (χ0v) is 5.93. The summed E-state index contributed by atoms with van der Waals surface area (Å²) >= 11 is 0.901. The first-order chi connectivity index (χ1) is 2.41. The van der Waals surface area contributed by atoms with E-state index in [9.17, 15) is 0 Å². The number of rotatable bonds is 2. The van der Waals surface area contributed by atoms with E-state index in [0.717, 1.165) is 21.5 Å². The normalized spacial score (nSPS) is 8.20. The summed E-state index contributed by atoms with van der Waals surface area (Å²) in [4.78, 5) is 0. The van der Waals surface area contributed by atoms with Crippen molar-refractivity contribution < 1.29 is 29.8 Å². The van der Waals surface area contributed by atoms with E-state index in [1.54, 1.807) is 0 Å². The Balaban J connectivity index is 2.19. The van der Waals surface area contributed by atoms with E-state index < -0.39 is 0 Å². The summed E-state index contributed by atoms with van der Waals surface area (Å²) < 4.78 is 4.55. The summed E-state index contributed by atoms with van der Waals surface area (Å²) in [5.41, 5.74) is 0. The molecule has 0 aromatic carbocycles. The van der Waals surface area contributed by atoms with E-state index in [4.69, 9.17) is 5.11 Å². The van der Waals surface area contributed by atoms with Crippen molar-refractivity contribution in [3.8, 4) is 0 Å². The van der Waals surface area contributed by atoms with Gasteiger partial charge in [-0.25, -0.2) is 0 Å². The van der Waals surface area contributed by atoms with Crippen molar-refractivity contribution in [2.45, 2.75) is 0 Å². The molecule has 0 fully saturated rings. The maximum atomic E-state index is 7.96. The van der Waals surface area contributed by atoms with E-state index in [-0.39, 0.29) is 6.61 Å². The van der Waals surface area contributed by atoms with E-state index >= 15 is 0 Å². The van der Waals surface area contributed by atoms with Crippen molar-refractivity contribution >= 4 is 0 Å². The van der Waals surface area contributed by atoms with E-state index in [1.807, 2.05) is 0 Å². The molecular formula is C2H5O2Ta. The third-order valence-electron chi connectivity index (χ3n) is 0.183. The minimum atomic E-state index is 0.149. The van der Waals surface area contributed by atoms with Gasteiger partial charge in [-0.3, -0.25) is 0 Å². The standard InChI is InChI=1S/C2H5O2.Ta/c3-1-2-4;/h3H,1-2H2;/q-1;+1. The third kappa shape index (κ3) is 4.66. The zero-order valence-electron chi connectivity index (χ0n) is 2.72. The van der Waals surface area contributed by atoms with Gasteiger partial charge in [-0.2, -0.15) is 0 Å². The van der Waals surface area contributed by atoms with Crippen LogP contribution in [0.25, 0.3) is 0 Å². The number of aliphatic hydroxyl groups is 1. The van der Waals surface area contributed by atoms with Crippen LogP contribution >= 0.6 is 0 Å². The van der Waals surface area contributed by atoms with Gasteiger partial charge in [0, 0.05) is 0 Å². The maximum absolute atomic E-state index is 7.96. The van der Waals surface area contributed by atoms with Crippen LogP contribution in [0.1, 0.15) is 0 Å². The van der Waals surface area contributed by atoms with Crippen molar-refractivity contribution in [1.82, 2.24) is 0 Å². The van der Waals surface area contributed by atoms with Crippen LogP contribution in [0, 0.1) is 0 Å². The van der Waals surface area contributed by atoms with Crippen LogP contribution in [0.3, 0.4) is 0 Å². The Hall–Kier alpha value is 0.660. The predicted molar refractivity (Wildman–Crippen MR) is 13.0 cm³/mol. The van der Waals surface area contributed by atoms with Crippen LogP contribution in [0.15, 0.2) is 0 Å². The quantitative estimate of drug-likeness (QED) is 0.704. The molecule has 0 aromatic rings. The second-order valence-corrected chi connectivity index (χ2v) is 1.48. The zero-order chi connectivity index (χ0) is 4.12. The van der Waals surface area contributed by atoms with Crippen molar-refractivity contribution in [3.63, 3.8) is 0 Å². The molecule has 0 aliphatic rings. The Labute approximate surface area is 43.5 Å². The van der Waals surface area contributed by atoms with Gasteiger partial charge in [-0.1, -0.05) is 0 Å². The summed E-state index contributed by atoms with van der Waals surface area (Å²) in [5.74, 6) is 0. The van der Waals surface area contributed by atoms with Gasteiger partial charge in [-0.15, -0.1) is 0 Å². The first kappa shape index (κ1) is 5.66. The molecule has 30 valence electrons. The van der Waals surface area contributed by atoms with Crippen LogP contribution < -0.4 is 0 Å². The fourth-order valence-corrected chi connectivity index (χ4v) is 0.334. The van der Waals surface area contributed by atoms with Gasteiger partial charge >= 0.3 is 43.0 Å². The van der Waals surface area contributed by atoms with Gasteiger partial charge in [0.25, 0.3) is 0 Å². The van der Waals surface area contributed by atoms with Crippen LogP contribution in [-0.2, 0) is 24.7 Å². The molecule has 0 amide bonds. The molecule has 1 N–H and O–H groups in total. The first-order valence-electron chi connectivity index (χ1n) is 1.29. The van der Waals surface area contributed by atoms with Crippen LogP contribution in [0.4, 0.5) is 0 Å². The Morgan fingerprint density at radius 3 is 2.40 bits per heavy atom. The first-order valence-corrected chi connectivity index (χ1v) is 2.60. The summed E-state index contributed by atoms with van der Waals surface area (Å²) in [7, 11) is 0. The molecule has 2 nitrogen and oxygen atoms in total. The number of aliphatic hydroxyl groups excluding tert-OH is 1. The minimum absolute atomic E-state index is 0.149. The van der Waals surface area contributed by atoms with E-state index in [2.05, 4.69) is 3.24 Å². The van der Waals surface area contributed by atoms with Crippen molar-refractivity contribution in [3.05, 3.63) is 0 Å². The molecule has 0 aliphatic carbocycles. The van der Waals surface area contributed by atoms with Gasteiger partial charge in [0.15, 0.2) is 0 Å². The fourth-order valence-electron chi connectivity index (χ4n) is 0.0408. The third-order valence-corrected chi connectivity index (χ3v) is 0.839. The molecule has 0 radical (unpaired) electrons. The Morgan fingerprint density at radius 2 is 2.40 bits per heavy atom. The summed E-state index contributed by atoms with van der Waals surface area (Å²) in [5, 5.41) is 7.96. The predicted octanol–water partition coefficient (Wildman–Crippen LogP) is -0.543. The summed E-state index contributed by atoms with van der Waals surface area (Å²) in [6.07, 6.45) is 0. The molecule has 0 atom stereocenters.